The molecule has 14 rings (SSSR count). The van der Waals surface area contributed by atoms with Gasteiger partial charge in [0.2, 0.25) is 0 Å². The first kappa shape index (κ1) is 53.3. The molecule has 6 heteroatoms. The molecule has 2 aromatic heterocycles. The van der Waals surface area contributed by atoms with Gasteiger partial charge in [0.25, 0.3) is 0 Å². The zero-order valence-corrected chi connectivity index (χ0v) is 48.7. The van der Waals surface area contributed by atoms with E-state index >= 15 is 0 Å². The van der Waals surface area contributed by atoms with E-state index < -0.39 is 0 Å². The summed E-state index contributed by atoms with van der Waals surface area (Å²) in [6.07, 6.45) is 0. The van der Waals surface area contributed by atoms with Gasteiger partial charge < -0.3 is 19.6 Å². The lowest BCUT2D eigenvalue weighted by Gasteiger charge is -2.29. The van der Waals surface area contributed by atoms with E-state index in [9.17, 15) is 0 Å². The van der Waals surface area contributed by atoms with Crippen LogP contribution >= 0.6 is 22.7 Å². The standard InChI is InChI=1S/C80H58N4S2/c1-7-19-61(20-8-1)77-55-57-79(85-77)63-35-43-71(44-36-63)83(72-45-37-64(38-46-72)80-58-56-78(86-80)62-21-9-2-10-22-62)69-39-31-59(32-40-69)60-33-41-70(42-34-60)84(75-51-47-73(48-52-75)81(65-23-11-3-12-24-65)66-25-13-4-14-26-66)76-53-49-74(50-54-76)82(67-27-15-5-16-28-67)68-29-17-6-18-30-68/h1-58H. The lowest BCUT2D eigenvalue weighted by Crippen LogP contribution is -2.13. The molecule has 12 aromatic carbocycles. The summed E-state index contributed by atoms with van der Waals surface area (Å²) in [5.74, 6) is 0. The zero-order valence-electron chi connectivity index (χ0n) is 47.1. The molecule has 0 atom stereocenters. The lowest BCUT2D eigenvalue weighted by molar-refractivity contribution is 1.24. The van der Waals surface area contributed by atoms with E-state index in [0.717, 1.165) is 79.4 Å². The van der Waals surface area contributed by atoms with Gasteiger partial charge in [0, 0.05) is 87.8 Å². The summed E-state index contributed by atoms with van der Waals surface area (Å²) < 4.78 is 0. The Hall–Kier alpha value is -10.8. The molecule has 0 bridgehead atoms. The summed E-state index contributed by atoms with van der Waals surface area (Å²) in [5.41, 5.74) is 20.1. The third-order valence-corrected chi connectivity index (χ3v) is 17.9. The lowest BCUT2D eigenvalue weighted by atomic mass is 10.0. The molecule has 0 aliphatic carbocycles. The van der Waals surface area contributed by atoms with Crippen molar-refractivity contribution in [2.45, 2.75) is 0 Å². The first-order chi connectivity index (χ1) is 42.6. The molecule has 0 aliphatic rings. The van der Waals surface area contributed by atoms with Crippen LogP contribution in [-0.2, 0) is 0 Å². The van der Waals surface area contributed by atoms with Crippen LogP contribution in [0.5, 0.6) is 0 Å². The highest BCUT2D eigenvalue weighted by atomic mass is 32.1. The van der Waals surface area contributed by atoms with Gasteiger partial charge in [0.15, 0.2) is 0 Å². The molecular formula is C80H58N4S2. The van der Waals surface area contributed by atoms with Crippen molar-refractivity contribution in [1.29, 1.82) is 0 Å². The van der Waals surface area contributed by atoms with Crippen LogP contribution in [0.4, 0.5) is 68.2 Å². The second-order valence-electron chi connectivity index (χ2n) is 21.0. The molecule has 0 spiro atoms. The van der Waals surface area contributed by atoms with Crippen molar-refractivity contribution >= 4 is 90.9 Å². The van der Waals surface area contributed by atoms with Crippen LogP contribution in [0.25, 0.3) is 52.9 Å². The monoisotopic (exact) mass is 1140 g/mol. The van der Waals surface area contributed by atoms with E-state index in [1.54, 1.807) is 0 Å². The van der Waals surface area contributed by atoms with Crippen LogP contribution in [0.1, 0.15) is 0 Å². The van der Waals surface area contributed by atoms with Crippen molar-refractivity contribution in [3.63, 3.8) is 0 Å². The molecule has 0 radical (unpaired) electrons. The smallest absolute Gasteiger partial charge is 0.0463 e. The van der Waals surface area contributed by atoms with E-state index in [2.05, 4.69) is 371 Å². The number of anilines is 12. The third kappa shape index (κ3) is 11.4. The van der Waals surface area contributed by atoms with Crippen LogP contribution in [0.3, 0.4) is 0 Å². The largest absolute Gasteiger partial charge is 0.311 e. The van der Waals surface area contributed by atoms with Crippen LogP contribution in [0.2, 0.25) is 0 Å². The fraction of sp³-hybridized carbons (Fsp3) is 0. The number of rotatable bonds is 17. The fourth-order valence-electron chi connectivity index (χ4n) is 11.3. The molecule has 0 amide bonds. The number of benzene rings is 12. The quantitative estimate of drug-likeness (QED) is 0.0901. The summed E-state index contributed by atoms with van der Waals surface area (Å²) in [5, 5.41) is 0. The van der Waals surface area contributed by atoms with Gasteiger partial charge in [0.1, 0.15) is 0 Å². The van der Waals surface area contributed by atoms with Crippen LogP contribution in [0.15, 0.2) is 352 Å². The van der Waals surface area contributed by atoms with E-state index in [0.29, 0.717) is 0 Å². The molecule has 0 unspecified atom stereocenters. The molecule has 14 aromatic rings. The maximum atomic E-state index is 2.36. The van der Waals surface area contributed by atoms with Crippen LogP contribution in [0, 0.1) is 0 Å². The number of para-hydroxylation sites is 4. The Labute approximate surface area is 511 Å². The number of hydrogen-bond acceptors (Lipinski definition) is 6. The van der Waals surface area contributed by atoms with Crippen LogP contribution < -0.4 is 19.6 Å². The molecule has 0 aliphatic heterocycles. The first-order valence-corrected chi connectivity index (χ1v) is 30.6. The molecule has 410 valence electrons. The summed E-state index contributed by atoms with van der Waals surface area (Å²) in [7, 11) is 0. The van der Waals surface area contributed by atoms with Crippen molar-refractivity contribution in [3.05, 3.63) is 352 Å². The summed E-state index contributed by atoms with van der Waals surface area (Å²) in [4.78, 5) is 14.3. The first-order valence-electron chi connectivity index (χ1n) is 29.0. The van der Waals surface area contributed by atoms with Gasteiger partial charge in [-0.3, -0.25) is 0 Å². The summed E-state index contributed by atoms with van der Waals surface area (Å²) >= 11 is 3.65. The van der Waals surface area contributed by atoms with Gasteiger partial charge >= 0.3 is 0 Å². The predicted octanol–water partition coefficient (Wildman–Crippen LogP) is 24.0. The highest BCUT2D eigenvalue weighted by molar-refractivity contribution is 7.19. The Morgan fingerprint density at radius 1 is 0.128 bits per heavy atom. The average molecular weight is 1140 g/mol. The van der Waals surface area contributed by atoms with E-state index in [1.807, 2.05) is 22.7 Å². The average Bonchev–Trinajstić information content (AvgIpc) is 3.24. The number of thiophene rings is 2. The minimum Gasteiger partial charge on any atom is -0.311 e. The number of hydrogen-bond donors (Lipinski definition) is 0. The fourth-order valence-corrected chi connectivity index (χ4v) is 13.3. The topological polar surface area (TPSA) is 13.0 Å². The van der Waals surface area contributed by atoms with E-state index in [4.69, 9.17) is 0 Å². The number of nitrogens with zero attached hydrogens (tertiary/aromatic N) is 4. The van der Waals surface area contributed by atoms with Crippen molar-refractivity contribution in [3.8, 4) is 52.9 Å². The minimum atomic E-state index is 1.04. The van der Waals surface area contributed by atoms with Gasteiger partial charge in [-0.25, -0.2) is 0 Å². The Kier molecular flexibility index (Phi) is 15.2. The molecule has 0 saturated heterocycles. The normalized spacial score (nSPS) is 11.0. The molecule has 0 N–H and O–H groups in total. The van der Waals surface area contributed by atoms with Gasteiger partial charge in [-0.1, -0.05) is 182 Å². The molecular weight excluding hydrogens is 1080 g/mol. The maximum absolute atomic E-state index is 2.36. The van der Waals surface area contributed by atoms with Gasteiger partial charge in [-0.2, -0.15) is 0 Å². The highest BCUT2D eigenvalue weighted by Gasteiger charge is 2.20. The summed E-state index contributed by atoms with van der Waals surface area (Å²) in [6.45, 7) is 0. The highest BCUT2D eigenvalue weighted by Crippen LogP contribution is 2.44. The van der Waals surface area contributed by atoms with Crippen molar-refractivity contribution in [2.75, 3.05) is 19.6 Å². The predicted molar refractivity (Wildman–Crippen MR) is 368 cm³/mol. The third-order valence-electron chi connectivity index (χ3n) is 15.5. The SMILES string of the molecule is c1ccc(-c2ccc(-c3ccc(N(c4ccc(-c5ccc(N(c6ccc(N(c7ccccc7)c7ccccc7)cc6)c6ccc(N(c7ccccc7)c7ccccc7)cc6)cc5)cc4)c4ccc(-c5ccc(-c6ccccc6)s5)cc4)cc3)s2)cc1. The Balaban J connectivity index is 0.789. The van der Waals surface area contributed by atoms with E-state index in [-0.39, 0.29) is 0 Å². The Morgan fingerprint density at radius 3 is 0.488 bits per heavy atom. The van der Waals surface area contributed by atoms with Gasteiger partial charge in [-0.15, -0.1) is 22.7 Å². The van der Waals surface area contributed by atoms with Gasteiger partial charge in [0.05, 0.1) is 0 Å². The molecule has 4 nitrogen and oxygen atoms in total. The summed E-state index contributed by atoms with van der Waals surface area (Å²) in [6, 6.07) is 126. The van der Waals surface area contributed by atoms with Gasteiger partial charge in [-0.05, 0) is 203 Å². The van der Waals surface area contributed by atoms with Crippen molar-refractivity contribution in [1.82, 2.24) is 0 Å². The Morgan fingerprint density at radius 2 is 0.279 bits per heavy atom. The second kappa shape index (κ2) is 24.6. The minimum absolute atomic E-state index is 1.04. The van der Waals surface area contributed by atoms with Crippen LogP contribution in [-0.4, -0.2) is 0 Å². The van der Waals surface area contributed by atoms with E-state index in [1.165, 1.54) is 41.8 Å². The van der Waals surface area contributed by atoms with Crippen molar-refractivity contribution < 1.29 is 0 Å². The molecule has 86 heavy (non-hydrogen) atoms. The molecule has 0 fully saturated rings. The molecule has 0 saturated carbocycles. The zero-order chi connectivity index (χ0) is 57.4. The molecule has 2 heterocycles. The Bertz CT molecular complexity index is 4120. The van der Waals surface area contributed by atoms with Crippen molar-refractivity contribution in [2.24, 2.45) is 0 Å². The maximum Gasteiger partial charge on any atom is 0.0463 e. The second-order valence-corrected chi connectivity index (χ2v) is 23.1.